The molecule has 0 aliphatic heterocycles. The lowest BCUT2D eigenvalue weighted by atomic mass is 9.87. The third-order valence-electron chi connectivity index (χ3n) is 3.77. The maximum atomic E-state index is 5.73. The zero-order valence-corrected chi connectivity index (χ0v) is 12.0. The molecule has 3 nitrogen and oxygen atoms in total. The van der Waals surface area contributed by atoms with Crippen molar-refractivity contribution in [2.24, 2.45) is 11.1 Å². The van der Waals surface area contributed by atoms with Crippen LogP contribution in [-0.4, -0.2) is 16.3 Å². The monoisotopic (exact) mass is 237 g/mol. The lowest BCUT2D eigenvalue weighted by Crippen LogP contribution is -2.23. The molecule has 1 aromatic rings. The Labute approximate surface area is 105 Å². The Morgan fingerprint density at radius 3 is 2.29 bits per heavy atom. The first-order chi connectivity index (χ1) is 7.87. The van der Waals surface area contributed by atoms with E-state index in [4.69, 9.17) is 5.73 Å². The van der Waals surface area contributed by atoms with Gasteiger partial charge in [-0.15, -0.1) is 0 Å². The predicted octanol–water partition coefficient (Wildman–Crippen LogP) is 2.96. The van der Waals surface area contributed by atoms with Crippen molar-refractivity contribution < 1.29 is 0 Å². The summed E-state index contributed by atoms with van der Waals surface area (Å²) in [7, 11) is 0. The van der Waals surface area contributed by atoms with Crippen molar-refractivity contribution in [2.75, 3.05) is 6.54 Å². The van der Waals surface area contributed by atoms with Crippen LogP contribution in [0, 0.1) is 26.2 Å². The molecule has 0 aliphatic rings. The molecule has 0 fully saturated rings. The highest BCUT2D eigenvalue weighted by Gasteiger charge is 2.14. The van der Waals surface area contributed by atoms with Gasteiger partial charge < -0.3 is 5.73 Å². The molecule has 0 bridgehead atoms. The molecule has 98 valence electrons. The van der Waals surface area contributed by atoms with Crippen LogP contribution in [0.3, 0.4) is 0 Å². The van der Waals surface area contributed by atoms with Crippen molar-refractivity contribution in [1.82, 2.24) is 9.78 Å². The van der Waals surface area contributed by atoms with E-state index in [-0.39, 0.29) is 5.41 Å². The molecule has 0 spiro atoms. The fraction of sp³-hybridized carbons (Fsp3) is 0.786. The van der Waals surface area contributed by atoms with E-state index in [2.05, 4.69) is 44.4 Å². The van der Waals surface area contributed by atoms with Crippen molar-refractivity contribution >= 4 is 0 Å². The highest BCUT2D eigenvalue weighted by Crippen LogP contribution is 2.21. The summed E-state index contributed by atoms with van der Waals surface area (Å²) in [6, 6.07) is 0. The second kappa shape index (κ2) is 5.67. The largest absolute Gasteiger partial charge is 0.330 e. The van der Waals surface area contributed by atoms with Crippen LogP contribution in [0.4, 0.5) is 0 Å². The van der Waals surface area contributed by atoms with Crippen molar-refractivity contribution in [3.05, 3.63) is 17.0 Å². The minimum atomic E-state index is 0.283. The van der Waals surface area contributed by atoms with Gasteiger partial charge in [-0.2, -0.15) is 5.10 Å². The summed E-state index contributed by atoms with van der Waals surface area (Å²) in [5.74, 6) is 0. The number of aromatic nitrogens is 2. The minimum absolute atomic E-state index is 0.283. The summed E-state index contributed by atoms with van der Waals surface area (Å²) in [5, 5.41) is 4.56. The summed E-state index contributed by atoms with van der Waals surface area (Å²) in [4.78, 5) is 0. The van der Waals surface area contributed by atoms with Gasteiger partial charge in [0.05, 0.1) is 5.69 Å². The van der Waals surface area contributed by atoms with Crippen molar-refractivity contribution in [3.8, 4) is 0 Å². The molecular formula is C14H27N3. The number of nitrogens with zero attached hydrogens (tertiary/aromatic N) is 2. The summed E-state index contributed by atoms with van der Waals surface area (Å²) in [6.07, 6.45) is 3.61. The summed E-state index contributed by atoms with van der Waals surface area (Å²) in [5.41, 5.74) is 9.80. The van der Waals surface area contributed by atoms with Crippen LogP contribution in [0.2, 0.25) is 0 Å². The molecular weight excluding hydrogens is 210 g/mol. The van der Waals surface area contributed by atoms with E-state index < -0.39 is 0 Å². The summed E-state index contributed by atoms with van der Waals surface area (Å²) >= 11 is 0. The Bertz CT molecular complexity index is 364. The maximum absolute atomic E-state index is 5.73. The van der Waals surface area contributed by atoms with Crippen LogP contribution in [0.1, 0.15) is 50.1 Å². The number of unbranched alkanes of at least 4 members (excludes halogenated alkanes) is 1. The average molecular weight is 237 g/mol. The highest BCUT2D eigenvalue weighted by atomic mass is 15.3. The first-order valence-corrected chi connectivity index (χ1v) is 6.58. The van der Waals surface area contributed by atoms with Crippen molar-refractivity contribution in [3.63, 3.8) is 0 Å². The van der Waals surface area contributed by atoms with Gasteiger partial charge in [-0.25, -0.2) is 0 Å². The third-order valence-corrected chi connectivity index (χ3v) is 3.77. The Morgan fingerprint density at radius 2 is 1.82 bits per heavy atom. The second-order valence-electron chi connectivity index (χ2n) is 5.84. The Morgan fingerprint density at radius 1 is 1.18 bits per heavy atom. The molecule has 0 atom stereocenters. The van der Waals surface area contributed by atoms with Gasteiger partial charge in [-0.05, 0) is 51.1 Å². The van der Waals surface area contributed by atoms with E-state index in [9.17, 15) is 0 Å². The summed E-state index contributed by atoms with van der Waals surface area (Å²) < 4.78 is 2.14. The first-order valence-electron chi connectivity index (χ1n) is 6.58. The SMILES string of the molecule is Cc1nn(CCCCC(C)(C)CN)c(C)c1C. The van der Waals surface area contributed by atoms with Crippen LogP contribution in [0.15, 0.2) is 0 Å². The number of hydrogen-bond acceptors (Lipinski definition) is 2. The second-order valence-corrected chi connectivity index (χ2v) is 5.84. The van der Waals surface area contributed by atoms with Gasteiger partial charge in [0.1, 0.15) is 0 Å². The number of rotatable bonds is 6. The molecule has 1 heterocycles. The fourth-order valence-electron chi connectivity index (χ4n) is 1.97. The van der Waals surface area contributed by atoms with E-state index in [1.54, 1.807) is 0 Å². The predicted molar refractivity (Wildman–Crippen MR) is 73.1 cm³/mol. The van der Waals surface area contributed by atoms with Gasteiger partial charge in [0.15, 0.2) is 0 Å². The lowest BCUT2D eigenvalue weighted by Gasteiger charge is -2.21. The summed E-state index contributed by atoms with van der Waals surface area (Å²) in [6.45, 7) is 12.6. The molecule has 0 unspecified atom stereocenters. The van der Waals surface area contributed by atoms with E-state index in [0.717, 1.165) is 18.8 Å². The van der Waals surface area contributed by atoms with Crippen LogP contribution >= 0.6 is 0 Å². The molecule has 0 aromatic carbocycles. The zero-order chi connectivity index (χ0) is 13.1. The molecule has 0 aliphatic carbocycles. The maximum Gasteiger partial charge on any atom is 0.0625 e. The van der Waals surface area contributed by atoms with Crippen molar-refractivity contribution in [2.45, 2.75) is 60.4 Å². The van der Waals surface area contributed by atoms with E-state index in [1.807, 2.05) is 0 Å². The van der Waals surface area contributed by atoms with Crippen LogP contribution in [0.25, 0.3) is 0 Å². The number of nitrogens with two attached hydrogens (primary N) is 1. The van der Waals surface area contributed by atoms with Gasteiger partial charge in [-0.1, -0.05) is 20.3 Å². The van der Waals surface area contributed by atoms with Gasteiger partial charge in [-0.3, -0.25) is 4.68 Å². The fourth-order valence-corrected chi connectivity index (χ4v) is 1.97. The quantitative estimate of drug-likeness (QED) is 0.773. The topological polar surface area (TPSA) is 43.8 Å². The minimum Gasteiger partial charge on any atom is -0.330 e. The molecule has 0 radical (unpaired) electrons. The standard InChI is InChI=1S/C14H27N3/c1-11-12(2)16-17(13(11)3)9-7-6-8-14(4,5)10-15/h6-10,15H2,1-5H3. The Hall–Kier alpha value is -0.830. The lowest BCUT2D eigenvalue weighted by molar-refractivity contribution is 0.327. The van der Waals surface area contributed by atoms with E-state index in [1.165, 1.54) is 30.5 Å². The third kappa shape index (κ3) is 3.84. The number of aryl methyl sites for hydroxylation is 2. The normalized spacial score (nSPS) is 12.1. The van der Waals surface area contributed by atoms with Crippen LogP contribution < -0.4 is 5.73 Å². The molecule has 17 heavy (non-hydrogen) atoms. The molecule has 0 amide bonds. The Balaban J connectivity index is 2.39. The number of hydrogen-bond donors (Lipinski definition) is 1. The Kier molecular flexibility index (Phi) is 4.75. The van der Waals surface area contributed by atoms with Crippen LogP contribution in [0.5, 0.6) is 0 Å². The van der Waals surface area contributed by atoms with Gasteiger partial charge in [0, 0.05) is 12.2 Å². The van der Waals surface area contributed by atoms with Gasteiger partial charge in [0.2, 0.25) is 0 Å². The van der Waals surface area contributed by atoms with Gasteiger partial charge >= 0.3 is 0 Å². The first kappa shape index (κ1) is 14.2. The molecule has 1 aromatic heterocycles. The highest BCUT2D eigenvalue weighted by molar-refractivity contribution is 5.21. The molecule has 0 saturated heterocycles. The smallest absolute Gasteiger partial charge is 0.0625 e. The molecule has 0 saturated carbocycles. The zero-order valence-electron chi connectivity index (χ0n) is 12.0. The van der Waals surface area contributed by atoms with Crippen LogP contribution in [-0.2, 0) is 6.54 Å². The van der Waals surface area contributed by atoms with Crippen molar-refractivity contribution in [1.29, 1.82) is 0 Å². The average Bonchev–Trinajstić information content (AvgIpc) is 2.52. The molecule has 1 rings (SSSR count). The van der Waals surface area contributed by atoms with E-state index >= 15 is 0 Å². The molecule has 2 N–H and O–H groups in total. The van der Waals surface area contributed by atoms with Gasteiger partial charge in [0.25, 0.3) is 0 Å². The molecule has 3 heteroatoms. The van der Waals surface area contributed by atoms with E-state index in [0.29, 0.717) is 0 Å².